The first-order valence-corrected chi connectivity index (χ1v) is 7.01. The van der Waals surface area contributed by atoms with Crippen LogP contribution in [0.4, 0.5) is 0 Å². The number of nitrogens with zero attached hydrogens (tertiary/aromatic N) is 1. The molecule has 2 nitrogen and oxygen atoms in total. The molecule has 1 heterocycles. The van der Waals surface area contributed by atoms with E-state index in [1.54, 1.807) is 0 Å². The van der Waals surface area contributed by atoms with Crippen molar-refractivity contribution in [2.75, 3.05) is 5.75 Å². The lowest BCUT2D eigenvalue weighted by Crippen LogP contribution is -2.08. The van der Waals surface area contributed by atoms with Crippen molar-refractivity contribution in [2.24, 2.45) is 0 Å². The highest BCUT2D eigenvalue weighted by molar-refractivity contribution is 8.00. The van der Waals surface area contributed by atoms with Gasteiger partial charge < -0.3 is 4.42 Å². The van der Waals surface area contributed by atoms with Crippen molar-refractivity contribution in [2.45, 2.75) is 38.4 Å². The number of aryl methyl sites for hydroxylation is 1. The molecule has 0 bridgehead atoms. The highest BCUT2D eigenvalue weighted by atomic mass is 32.2. The molecule has 1 aromatic heterocycles. The van der Waals surface area contributed by atoms with Crippen LogP contribution in [-0.4, -0.2) is 15.5 Å². The molecule has 0 aliphatic carbocycles. The SMILES string of the molecule is CC(C)(C)SCCCc1nc2ccccc2o1. The van der Waals surface area contributed by atoms with Gasteiger partial charge in [-0.15, -0.1) is 0 Å². The summed E-state index contributed by atoms with van der Waals surface area (Å²) in [6.07, 6.45) is 2.05. The van der Waals surface area contributed by atoms with Gasteiger partial charge in [-0.2, -0.15) is 11.8 Å². The van der Waals surface area contributed by atoms with E-state index in [0.29, 0.717) is 4.75 Å². The number of aromatic nitrogens is 1. The summed E-state index contributed by atoms with van der Waals surface area (Å²) < 4.78 is 6.03. The first-order valence-electron chi connectivity index (χ1n) is 6.03. The van der Waals surface area contributed by atoms with E-state index in [9.17, 15) is 0 Å². The van der Waals surface area contributed by atoms with Crippen LogP contribution in [-0.2, 0) is 6.42 Å². The van der Waals surface area contributed by atoms with Crippen LogP contribution in [0, 0.1) is 0 Å². The molecule has 3 heteroatoms. The summed E-state index contributed by atoms with van der Waals surface area (Å²) in [5.74, 6) is 2.02. The highest BCUT2D eigenvalue weighted by Gasteiger charge is 2.10. The van der Waals surface area contributed by atoms with Crippen LogP contribution in [0.3, 0.4) is 0 Å². The van der Waals surface area contributed by atoms with Crippen LogP contribution in [0.25, 0.3) is 11.1 Å². The van der Waals surface area contributed by atoms with Crippen molar-refractivity contribution in [3.8, 4) is 0 Å². The van der Waals surface area contributed by atoms with E-state index in [4.69, 9.17) is 4.42 Å². The van der Waals surface area contributed by atoms with E-state index in [-0.39, 0.29) is 0 Å². The Morgan fingerprint density at radius 3 is 2.71 bits per heavy atom. The number of para-hydroxylation sites is 2. The molecule has 1 aromatic carbocycles. The zero-order chi connectivity index (χ0) is 12.3. The van der Waals surface area contributed by atoms with Gasteiger partial charge in [0.25, 0.3) is 0 Å². The van der Waals surface area contributed by atoms with Crippen LogP contribution in [0.2, 0.25) is 0 Å². The van der Waals surface area contributed by atoms with E-state index in [1.807, 2.05) is 36.0 Å². The van der Waals surface area contributed by atoms with Crippen LogP contribution in [0.5, 0.6) is 0 Å². The van der Waals surface area contributed by atoms with E-state index < -0.39 is 0 Å². The van der Waals surface area contributed by atoms with Gasteiger partial charge in [0.05, 0.1) is 0 Å². The van der Waals surface area contributed by atoms with Crippen molar-refractivity contribution >= 4 is 22.9 Å². The predicted octanol–water partition coefficient (Wildman–Crippen LogP) is 4.29. The van der Waals surface area contributed by atoms with E-state index >= 15 is 0 Å². The minimum Gasteiger partial charge on any atom is -0.441 e. The van der Waals surface area contributed by atoms with Gasteiger partial charge >= 0.3 is 0 Å². The first-order chi connectivity index (χ1) is 8.04. The highest BCUT2D eigenvalue weighted by Crippen LogP contribution is 2.24. The molecule has 0 aliphatic heterocycles. The number of hydrogen-bond acceptors (Lipinski definition) is 3. The monoisotopic (exact) mass is 249 g/mol. The van der Waals surface area contributed by atoms with Gasteiger partial charge in [-0.3, -0.25) is 0 Å². The standard InChI is InChI=1S/C14H19NOS/c1-14(2,3)17-10-6-9-13-15-11-7-4-5-8-12(11)16-13/h4-5,7-8H,6,9-10H2,1-3H3. The Hall–Kier alpha value is -0.960. The lowest BCUT2D eigenvalue weighted by Gasteiger charge is -2.16. The summed E-state index contributed by atoms with van der Waals surface area (Å²) >= 11 is 1.99. The maximum atomic E-state index is 5.68. The first kappa shape index (κ1) is 12.5. The quantitative estimate of drug-likeness (QED) is 0.756. The van der Waals surface area contributed by atoms with Crippen molar-refractivity contribution in [1.29, 1.82) is 0 Å². The second-order valence-electron chi connectivity index (χ2n) is 5.14. The fourth-order valence-electron chi connectivity index (χ4n) is 1.63. The van der Waals surface area contributed by atoms with Gasteiger partial charge in [0.15, 0.2) is 11.5 Å². The summed E-state index contributed by atoms with van der Waals surface area (Å²) in [5, 5.41) is 0. The Kier molecular flexibility index (Phi) is 3.77. The van der Waals surface area contributed by atoms with Crippen molar-refractivity contribution < 1.29 is 4.42 Å². The van der Waals surface area contributed by atoms with Crippen molar-refractivity contribution in [1.82, 2.24) is 4.98 Å². The maximum Gasteiger partial charge on any atom is 0.195 e. The van der Waals surface area contributed by atoms with Crippen LogP contribution >= 0.6 is 11.8 Å². The molecule has 0 saturated carbocycles. The second kappa shape index (κ2) is 5.13. The second-order valence-corrected chi connectivity index (χ2v) is 7.06. The Balaban J connectivity index is 1.87. The third kappa shape index (κ3) is 3.77. The molecule has 17 heavy (non-hydrogen) atoms. The Labute approximate surface area is 107 Å². The third-order valence-electron chi connectivity index (χ3n) is 2.41. The lowest BCUT2D eigenvalue weighted by molar-refractivity contribution is 0.526. The summed E-state index contributed by atoms with van der Waals surface area (Å²) in [4.78, 5) is 4.47. The normalized spacial score (nSPS) is 12.2. The third-order valence-corrected chi connectivity index (χ3v) is 3.77. The van der Waals surface area contributed by atoms with Crippen LogP contribution in [0.15, 0.2) is 28.7 Å². The van der Waals surface area contributed by atoms with Gasteiger partial charge in [-0.1, -0.05) is 32.9 Å². The topological polar surface area (TPSA) is 26.0 Å². The molecular weight excluding hydrogens is 230 g/mol. The minimum atomic E-state index is 0.349. The zero-order valence-corrected chi connectivity index (χ0v) is 11.5. The molecule has 0 radical (unpaired) electrons. The number of thioether (sulfide) groups is 1. The summed E-state index contributed by atoms with van der Waals surface area (Å²) in [6.45, 7) is 6.74. The van der Waals surface area contributed by atoms with E-state index in [1.165, 1.54) is 0 Å². The molecule has 92 valence electrons. The average Bonchev–Trinajstić information content (AvgIpc) is 2.65. The molecule has 0 amide bonds. The van der Waals surface area contributed by atoms with E-state index in [2.05, 4.69) is 25.8 Å². The minimum absolute atomic E-state index is 0.349. The molecule has 2 aromatic rings. The van der Waals surface area contributed by atoms with Gasteiger partial charge in [0, 0.05) is 11.2 Å². The Morgan fingerprint density at radius 1 is 1.24 bits per heavy atom. The molecule has 0 saturated heterocycles. The maximum absolute atomic E-state index is 5.68. The van der Waals surface area contributed by atoms with Gasteiger partial charge in [-0.25, -0.2) is 4.98 Å². The smallest absolute Gasteiger partial charge is 0.195 e. The van der Waals surface area contributed by atoms with Crippen molar-refractivity contribution in [3.05, 3.63) is 30.2 Å². The van der Waals surface area contributed by atoms with Crippen LogP contribution < -0.4 is 0 Å². The molecule has 0 aliphatic rings. The molecule has 0 spiro atoms. The number of rotatable bonds is 4. The molecular formula is C14H19NOS. The van der Waals surface area contributed by atoms with Crippen molar-refractivity contribution in [3.63, 3.8) is 0 Å². The largest absolute Gasteiger partial charge is 0.441 e. The summed E-state index contributed by atoms with van der Waals surface area (Å²) in [7, 11) is 0. The molecule has 0 fully saturated rings. The molecule has 0 atom stereocenters. The number of fused-ring (bicyclic) bond motifs is 1. The molecule has 0 unspecified atom stereocenters. The summed E-state index contributed by atoms with van der Waals surface area (Å²) in [5.41, 5.74) is 1.86. The fourth-order valence-corrected chi connectivity index (χ4v) is 2.53. The van der Waals surface area contributed by atoms with Gasteiger partial charge in [0.2, 0.25) is 0 Å². The average molecular weight is 249 g/mol. The predicted molar refractivity (Wildman–Crippen MR) is 74.5 cm³/mol. The number of oxazole rings is 1. The van der Waals surface area contributed by atoms with Gasteiger partial charge in [-0.05, 0) is 24.3 Å². The number of hydrogen-bond donors (Lipinski definition) is 0. The van der Waals surface area contributed by atoms with Crippen LogP contribution in [0.1, 0.15) is 33.1 Å². The van der Waals surface area contributed by atoms with Gasteiger partial charge in [0.1, 0.15) is 5.52 Å². The lowest BCUT2D eigenvalue weighted by atomic mass is 10.3. The molecule has 0 N–H and O–H groups in total. The summed E-state index contributed by atoms with van der Waals surface area (Å²) in [6, 6.07) is 7.93. The number of benzene rings is 1. The Bertz CT molecular complexity index is 451. The van der Waals surface area contributed by atoms with E-state index in [0.717, 1.165) is 35.6 Å². The zero-order valence-electron chi connectivity index (χ0n) is 10.7. The Morgan fingerprint density at radius 2 is 2.00 bits per heavy atom. The molecule has 2 rings (SSSR count). The fraction of sp³-hybridized carbons (Fsp3) is 0.500.